The molecule has 5 heterocycles. The molecule has 1 aromatic heterocycles. The number of benzene rings is 4. The van der Waals surface area contributed by atoms with Gasteiger partial charge in [-0.2, -0.15) is 8.42 Å². The van der Waals surface area contributed by atoms with Crippen LogP contribution >= 0.6 is 0 Å². The molecule has 77 heavy (non-hydrogen) atoms. The van der Waals surface area contributed by atoms with Crippen LogP contribution in [0, 0.1) is 18.3 Å². The van der Waals surface area contributed by atoms with E-state index in [-0.39, 0.29) is 30.6 Å². The first-order valence-corrected chi connectivity index (χ1v) is 28.3. The van der Waals surface area contributed by atoms with Crippen molar-refractivity contribution in [2.75, 3.05) is 59.5 Å². The van der Waals surface area contributed by atoms with Crippen LogP contribution < -0.4 is 9.64 Å². The topological polar surface area (TPSA) is 197 Å². The summed E-state index contributed by atoms with van der Waals surface area (Å²) in [6.07, 6.45) is 4.25. The van der Waals surface area contributed by atoms with Crippen molar-refractivity contribution in [2.45, 2.75) is 124 Å². The van der Waals surface area contributed by atoms with Crippen LogP contribution in [-0.2, 0) is 66.7 Å². The first-order chi connectivity index (χ1) is 36.8. The molecule has 5 aromatic rings. The van der Waals surface area contributed by atoms with Crippen molar-refractivity contribution in [3.8, 4) is 5.75 Å². The fraction of sp³-hybridized carbons (Fsp3) is 0.483. The highest BCUT2D eigenvalue weighted by molar-refractivity contribution is 7.86. The van der Waals surface area contributed by atoms with Gasteiger partial charge >= 0.3 is 17.9 Å². The van der Waals surface area contributed by atoms with Crippen molar-refractivity contribution in [3.05, 3.63) is 137 Å². The highest BCUT2D eigenvalue weighted by Gasteiger charge is 2.80. The Bertz CT molecular complexity index is 3220. The molecule has 2 fully saturated rings. The molecule has 0 bridgehead atoms. The van der Waals surface area contributed by atoms with Crippen molar-refractivity contribution >= 4 is 44.6 Å². The molecule has 1 aliphatic carbocycles. The van der Waals surface area contributed by atoms with Crippen LogP contribution in [0.1, 0.15) is 92.8 Å². The van der Waals surface area contributed by atoms with E-state index < -0.39 is 79.8 Å². The zero-order chi connectivity index (χ0) is 54.9. The number of carbonyl (C=O) groups excluding carboxylic acids is 3. The molecule has 9 atom stereocenters. The smallest absolute Gasteiger partial charge is 0.344 e. The van der Waals surface area contributed by atoms with E-state index in [0.29, 0.717) is 74.7 Å². The third-order valence-corrected chi connectivity index (χ3v) is 19.4. The van der Waals surface area contributed by atoms with Crippen LogP contribution in [0.15, 0.2) is 108 Å². The van der Waals surface area contributed by atoms with Crippen LogP contribution in [0.3, 0.4) is 0 Å². The molecule has 1 saturated heterocycles. The second-order valence-electron chi connectivity index (χ2n) is 22.1. The molecule has 0 amide bonds. The maximum absolute atomic E-state index is 15.9. The van der Waals surface area contributed by atoms with Crippen molar-refractivity contribution in [3.63, 3.8) is 0 Å². The van der Waals surface area contributed by atoms with Crippen LogP contribution in [0.25, 0.3) is 10.9 Å². The summed E-state index contributed by atoms with van der Waals surface area (Å²) in [5, 5.41) is 27.0. The normalized spacial score (nSPS) is 28.9. The highest BCUT2D eigenvalue weighted by Crippen LogP contribution is 2.68. The summed E-state index contributed by atoms with van der Waals surface area (Å²) < 4.78 is 58.2. The van der Waals surface area contributed by atoms with E-state index >= 15 is 4.79 Å². The van der Waals surface area contributed by atoms with Crippen LogP contribution in [0.4, 0.5) is 5.69 Å². The number of likely N-dealkylation sites (N-methyl/N-ethyl adjacent to an activating group) is 1. The van der Waals surface area contributed by atoms with Crippen LogP contribution in [0.5, 0.6) is 5.75 Å². The van der Waals surface area contributed by atoms with E-state index in [1.54, 1.807) is 26.2 Å². The number of nitrogens with zero attached hydrogens (tertiary/aromatic N) is 3. The van der Waals surface area contributed by atoms with E-state index in [4.69, 9.17) is 23.1 Å². The van der Waals surface area contributed by atoms with Crippen molar-refractivity contribution in [1.29, 1.82) is 0 Å². The largest absolute Gasteiger partial charge is 0.496 e. The lowest BCUT2D eigenvalue weighted by Gasteiger charge is -2.63. The molecule has 4 aliphatic heterocycles. The van der Waals surface area contributed by atoms with Crippen molar-refractivity contribution < 1.29 is 56.1 Å². The van der Waals surface area contributed by atoms with Gasteiger partial charge in [-0.1, -0.05) is 92.2 Å². The Labute approximate surface area is 451 Å². The third-order valence-electron chi connectivity index (χ3n) is 18.1. The first kappa shape index (κ1) is 54.3. The molecule has 1 spiro atoms. The molecule has 16 nitrogen and oxygen atoms in total. The quantitative estimate of drug-likeness (QED) is 0.0331. The maximum atomic E-state index is 15.9. The molecule has 17 heteroatoms. The van der Waals surface area contributed by atoms with E-state index in [9.17, 15) is 28.2 Å². The van der Waals surface area contributed by atoms with E-state index in [1.807, 2.05) is 86.5 Å². The molecule has 1 saturated carbocycles. The number of para-hydroxylation sites is 1. The lowest BCUT2D eigenvalue weighted by atomic mass is 9.47. The number of aromatic nitrogens is 1. The minimum Gasteiger partial charge on any atom is -0.496 e. The maximum Gasteiger partial charge on any atom is 0.344 e. The Kier molecular flexibility index (Phi) is 14.3. The summed E-state index contributed by atoms with van der Waals surface area (Å²) in [7, 11) is 1.53. The van der Waals surface area contributed by atoms with Crippen LogP contribution in [0.2, 0.25) is 0 Å². The Balaban J connectivity index is 1.20. The molecule has 410 valence electrons. The Morgan fingerprint density at radius 2 is 1.60 bits per heavy atom. The predicted octanol–water partition coefficient (Wildman–Crippen LogP) is 7.24. The predicted molar refractivity (Wildman–Crippen MR) is 290 cm³/mol. The van der Waals surface area contributed by atoms with Crippen molar-refractivity contribution in [2.24, 2.45) is 11.3 Å². The fourth-order valence-electron chi connectivity index (χ4n) is 14.8. The number of aryl methyl sites for hydroxylation is 1. The van der Waals surface area contributed by atoms with Gasteiger partial charge in [-0.25, -0.2) is 8.98 Å². The van der Waals surface area contributed by atoms with Gasteiger partial charge in [-0.3, -0.25) is 19.4 Å². The van der Waals surface area contributed by atoms with Gasteiger partial charge in [0.2, 0.25) is 5.60 Å². The average Bonchev–Trinajstić information content (AvgIpc) is 3.71. The van der Waals surface area contributed by atoms with Gasteiger partial charge in [0, 0.05) is 97.4 Å². The number of methoxy groups -OCH3 is 3. The van der Waals surface area contributed by atoms with E-state index in [1.165, 1.54) is 33.3 Å². The van der Waals surface area contributed by atoms with Crippen LogP contribution in [-0.4, -0.2) is 135 Å². The molecule has 0 radical (unpaired) electrons. The number of fused-ring (bicyclic) bond motifs is 4. The number of aliphatic hydroxyl groups is 2. The minimum atomic E-state index is -4.44. The van der Waals surface area contributed by atoms with Gasteiger partial charge in [0.1, 0.15) is 11.2 Å². The summed E-state index contributed by atoms with van der Waals surface area (Å²) >= 11 is 0. The molecule has 4 aromatic carbocycles. The second-order valence-corrected chi connectivity index (χ2v) is 23.6. The molecule has 10 rings (SSSR count). The first-order valence-electron chi connectivity index (χ1n) is 26.9. The summed E-state index contributed by atoms with van der Waals surface area (Å²) in [5.74, 6) is -4.43. The number of H-pyrrole nitrogens is 1. The van der Waals surface area contributed by atoms with Gasteiger partial charge in [0.15, 0.2) is 11.9 Å². The number of ether oxygens (including phenoxy) is 4. The number of rotatable bonds is 14. The minimum absolute atomic E-state index is 0.0557. The van der Waals surface area contributed by atoms with E-state index in [2.05, 4.69) is 33.0 Å². The Hall–Kier alpha value is -6.08. The number of aromatic amines is 1. The Morgan fingerprint density at radius 1 is 0.883 bits per heavy atom. The number of carbonyl (C=O) groups is 3. The average molecular weight is 1070 g/mol. The number of nitrogens with one attached hydrogen (secondary N) is 1. The SMILES string of the molecule is CC[C@@](O)(C[C@H]1CC[C@](C(=O)OC)(c2cc3c(cc2OC)N(C)[C@H]2[C@@](O)(C(=O)OC)[C@H](OC(C)=O)[C@]4(CC)C=CCN5CC[C@]32[C@@H]54)c2[nH]c3ccccc3c2CCN(Cc2ccccc2)C1)OS(=O)(=O)c1ccc(C)cc1. The monoisotopic (exact) mass is 1070 g/mol. The molecular weight excluding hydrogens is 1000 g/mol. The highest BCUT2D eigenvalue weighted by atomic mass is 32.2. The molecular formula is C60H72N4O12S. The summed E-state index contributed by atoms with van der Waals surface area (Å²) in [4.78, 5) is 54.0. The third kappa shape index (κ3) is 8.58. The number of esters is 3. The van der Waals surface area contributed by atoms with E-state index in [0.717, 1.165) is 33.2 Å². The number of hydrogen-bond donors (Lipinski definition) is 3. The second kappa shape index (κ2) is 20.3. The lowest BCUT2D eigenvalue weighted by molar-refractivity contribution is -0.228. The van der Waals surface area contributed by atoms with Gasteiger partial charge < -0.3 is 39.0 Å². The van der Waals surface area contributed by atoms with Gasteiger partial charge in [-0.15, -0.1) is 0 Å². The number of hydrogen-bond acceptors (Lipinski definition) is 15. The zero-order valence-electron chi connectivity index (χ0n) is 45.3. The molecule has 3 N–H and O–H groups in total. The molecule has 0 unspecified atom stereocenters. The van der Waals surface area contributed by atoms with Crippen molar-refractivity contribution in [1.82, 2.24) is 14.8 Å². The van der Waals surface area contributed by atoms with Gasteiger partial charge in [-0.05, 0) is 98.9 Å². The Morgan fingerprint density at radius 3 is 2.27 bits per heavy atom. The summed E-state index contributed by atoms with van der Waals surface area (Å²) in [6, 6.07) is 26.9. The van der Waals surface area contributed by atoms with Gasteiger partial charge in [0.05, 0.1) is 32.3 Å². The fourth-order valence-corrected chi connectivity index (χ4v) is 16.0. The van der Waals surface area contributed by atoms with Gasteiger partial charge in [0.25, 0.3) is 10.1 Å². The molecule has 5 aliphatic rings. The number of anilines is 1. The zero-order valence-corrected chi connectivity index (χ0v) is 46.2. The summed E-state index contributed by atoms with van der Waals surface area (Å²) in [6.45, 7) is 9.46. The lowest BCUT2D eigenvalue weighted by Crippen LogP contribution is -2.81. The summed E-state index contributed by atoms with van der Waals surface area (Å²) in [5.41, 5.74) is 0.0484. The standard InChI is InChI=1S/C60H72N4O12S/c1-9-56-27-16-30-64-32-29-59(51(56)64)45-33-46(49(72-6)34-48(45)62(5)52(59)60(69,55(67)74-8)53(56)75-39(4)65)58(54(66)73-7)28-25-41(35-57(68,10-2)76-77(70,71)42-23-21-38(3)22-24-42)37-63(36-40-17-12-11-13-18-40)31-26-44-43-19-14-15-20-47(43)61-50(44)58/h11-24,27,33-34,41,51-53,61,68-69H,9-10,25-26,28-32,35-37H2,1-8H3/t41-,51+,52-,53-,56-,57+,58+,59-,60+/m1/s1.